The molecule has 0 radical (unpaired) electrons. The number of nitrogens with zero attached hydrogens (tertiary/aromatic N) is 4. The quantitative estimate of drug-likeness (QED) is 0.430. The minimum Gasteiger partial charge on any atom is -0.484 e. The molecule has 0 atom stereocenters. The van der Waals surface area contributed by atoms with Gasteiger partial charge >= 0.3 is 0 Å². The van der Waals surface area contributed by atoms with E-state index in [1.165, 1.54) is 23.9 Å². The third-order valence-electron chi connectivity index (χ3n) is 3.45. The summed E-state index contributed by atoms with van der Waals surface area (Å²) in [6.07, 6.45) is 0. The molecule has 0 spiro atoms. The van der Waals surface area contributed by atoms with Gasteiger partial charge < -0.3 is 9.30 Å². The van der Waals surface area contributed by atoms with E-state index >= 15 is 0 Å². The second-order valence-corrected chi connectivity index (χ2v) is 6.97. The van der Waals surface area contributed by atoms with E-state index in [1.54, 1.807) is 29.8 Å². The van der Waals surface area contributed by atoms with Crippen molar-refractivity contribution in [3.63, 3.8) is 0 Å². The summed E-state index contributed by atoms with van der Waals surface area (Å²) in [6.45, 7) is 0.196. The van der Waals surface area contributed by atoms with Crippen molar-refractivity contribution in [1.82, 2.24) is 14.8 Å². The molecule has 0 amide bonds. The first-order chi connectivity index (χ1) is 12.5. The van der Waals surface area contributed by atoms with Crippen molar-refractivity contribution in [3.05, 3.63) is 68.4 Å². The summed E-state index contributed by atoms with van der Waals surface area (Å²) in [5.74, 6) is 1.16. The van der Waals surface area contributed by atoms with E-state index in [0.29, 0.717) is 26.6 Å². The number of nitro benzene ring substituents is 1. The van der Waals surface area contributed by atoms with Gasteiger partial charge in [-0.15, -0.1) is 10.2 Å². The normalized spacial score (nSPS) is 10.7. The monoisotopic (exact) mass is 410 g/mol. The predicted molar refractivity (Wildman–Crippen MR) is 99.0 cm³/mol. The molecule has 26 heavy (non-hydrogen) atoms. The highest BCUT2D eigenvalue weighted by atomic mass is 35.5. The fourth-order valence-electron chi connectivity index (χ4n) is 2.05. The topological polar surface area (TPSA) is 83.1 Å². The summed E-state index contributed by atoms with van der Waals surface area (Å²) in [7, 11) is 1.80. The zero-order valence-electron chi connectivity index (χ0n) is 13.4. The number of nitro groups is 1. The molecule has 0 bridgehead atoms. The molecule has 0 aliphatic rings. The standard InChI is InChI=1S/C16H12Cl2N4O3S/c1-21-15(9-25-13-5-3-2-4-11(13)17)19-20-16(21)26-14-7-6-10(22(23)24)8-12(14)18/h2-8H,9H2,1H3. The molecule has 0 aliphatic carbocycles. The van der Waals surface area contributed by atoms with Crippen molar-refractivity contribution in [3.8, 4) is 5.75 Å². The third kappa shape index (κ3) is 4.09. The third-order valence-corrected chi connectivity index (χ3v) is 5.30. The van der Waals surface area contributed by atoms with E-state index < -0.39 is 4.92 Å². The highest BCUT2D eigenvalue weighted by Crippen LogP contribution is 2.34. The van der Waals surface area contributed by atoms with Crippen LogP contribution in [0.3, 0.4) is 0 Å². The smallest absolute Gasteiger partial charge is 0.270 e. The SMILES string of the molecule is Cn1c(COc2ccccc2Cl)nnc1Sc1ccc([N+](=O)[O-])cc1Cl. The van der Waals surface area contributed by atoms with Gasteiger partial charge in [0.25, 0.3) is 5.69 Å². The Morgan fingerprint density at radius 2 is 1.96 bits per heavy atom. The Labute approximate surface area is 163 Å². The van der Waals surface area contributed by atoms with Crippen LogP contribution in [0.15, 0.2) is 52.5 Å². The summed E-state index contributed by atoms with van der Waals surface area (Å²) in [5.41, 5.74) is -0.0638. The number of ether oxygens (including phenoxy) is 1. The highest BCUT2D eigenvalue weighted by Gasteiger charge is 2.15. The maximum Gasteiger partial charge on any atom is 0.270 e. The number of hydrogen-bond acceptors (Lipinski definition) is 6. The van der Waals surface area contributed by atoms with Gasteiger partial charge in [0.15, 0.2) is 11.0 Å². The minimum absolute atomic E-state index is 0.0638. The van der Waals surface area contributed by atoms with Gasteiger partial charge in [0.05, 0.1) is 15.0 Å². The van der Waals surface area contributed by atoms with Crippen LogP contribution in [0.5, 0.6) is 5.75 Å². The summed E-state index contributed by atoms with van der Waals surface area (Å²) < 4.78 is 7.43. The molecule has 10 heteroatoms. The highest BCUT2D eigenvalue weighted by molar-refractivity contribution is 7.99. The van der Waals surface area contributed by atoms with E-state index in [0.717, 1.165) is 0 Å². The number of para-hydroxylation sites is 1. The van der Waals surface area contributed by atoms with Crippen molar-refractivity contribution in [2.24, 2.45) is 7.05 Å². The molecule has 3 aromatic rings. The molecule has 7 nitrogen and oxygen atoms in total. The Balaban J connectivity index is 1.73. The Morgan fingerprint density at radius 1 is 1.19 bits per heavy atom. The zero-order chi connectivity index (χ0) is 18.7. The van der Waals surface area contributed by atoms with Gasteiger partial charge in [-0.05, 0) is 30.0 Å². The number of hydrogen-bond donors (Lipinski definition) is 0. The molecule has 0 unspecified atom stereocenters. The van der Waals surface area contributed by atoms with Gasteiger partial charge in [-0.2, -0.15) is 0 Å². The molecule has 0 aliphatic heterocycles. The second kappa shape index (κ2) is 7.94. The van der Waals surface area contributed by atoms with Crippen LogP contribution in [0.4, 0.5) is 5.69 Å². The van der Waals surface area contributed by atoms with Crippen molar-refractivity contribution < 1.29 is 9.66 Å². The van der Waals surface area contributed by atoms with E-state index in [4.69, 9.17) is 27.9 Å². The van der Waals surface area contributed by atoms with Crippen molar-refractivity contribution >= 4 is 40.7 Å². The van der Waals surface area contributed by atoms with E-state index in [1.807, 2.05) is 12.1 Å². The Hall–Kier alpha value is -2.29. The summed E-state index contributed by atoms with van der Waals surface area (Å²) in [6, 6.07) is 11.4. The van der Waals surface area contributed by atoms with Gasteiger partial charge in [0, 0.05) is 24.1 Å². The lowest BCUT2D eigenvalue weighted by molar-refractivity contribution is -0.384. The lowest BCUT2D eigenvalue weighted by atomic mass is 10.3. The number of aromatic nitrogens is 3. The van der Waals surface area contributed by atoms with E-state index in [2.05, 4.69) is 10.2 Å². The molecular formula is C16H12Cl2N4O3S. The molecule has 2 aromatic carbocycles. The van der Waals surface area contributed by atoms with Crippen molar-refractivity contribution in [2.75, 3.05) is 0 Å². The van der Waals surface area contributed by atoms with E-state index in [9.17, 15) is 10.1 Å². The van der Waals surface area contributed by atoms with Crippen LogP contribution in [0, 0.1) is 10.1 Å². The average Bonchev–Trinajstić information content (AvgIpc) is 2.96. The van der Waals surface area contributed by atoms with E-state index in [-0.39, 0.29) is 17.3 Å². The van der Waals surface area contributed by atoms with Gasteiger partial charge in [-0.1, -0.05) is 35.3 Å². The van der Waals surface area contributed by atoms with Crippen LogP contribution in [0.2, 0.25) is 10.0 Å². The van der Waals surface area contributed by atoms with Gasteiger partial charge in [-0.25, -0.2) is 0 Å². The zero-order valence-corrected chi connectivity index (χ0v) is 15.8. The van der Waals surface area contributed by atoms with Crippen LogP contribution in [-0.4, -0.2) is 19.7 Å². The van der Waals surface area contributed by atoms with Crippen LogP contribution in [-0.2, 0) is 13.7 Å². The average molecular weight is 411 g/mol. The molecule has 0 saturated heterocycles. The number of halogens is 2. The molecule has 3 rings (SSSR count). The maximum atomic E-state index is 10.8. The first-order valence-corrected chi connectivity index (χ1v) is 8.90. The minimum atomic E-state index is -0.493. The van der Waals surface area contributed by atoms with Crippen LogP contribution in [0.1, 0.15) is 5.82 Å². The maximum absolute atomic E-state index is 10.8. The molecular weight excluding hydrogens is 399 g/mol. The lowest BCUT2D eigenvalue weighted by Crippen LogP contribution is -2.04. The van der Waals surface area contributed by atoms with Gasteiger partial charge in [0.2, 0.25) is 0 Å². The molecule has 1 heterocycles. The molecule has 0 saturated carbocycles. The first kappa shape index (κ1) is 18.5. The summed E-state index contributed by atoms with van der Waals surface area (Å²) >= 11 is 13.4. The Morgan fingerprint density at radius 3 is 2.65 bits per heavy atom. The first-order valence-electron chi connectivity index (χ1n) is 7.33. The Kier molecular flexibility index (Phi) is 5.65. The van der Waals surface area contributed by atoms with Crippen LogP contribution < -0.4 is 4.74 Å². The largest absolute Gasteiger partial charge is 0.484 e. The number of non-ortho nitro benzene ring substituents is 1. The van der Waals surface area contributed by atoms with Crippen molar-refractivity contribution in [1.29, 1.82) is 0 Å². The fraction of sp³-hybridized carbons (Fsp3) is 0.125. The number of benzene rings is 2. The molecule has 0 fully saturated rings. The second-order valence-electron chi connectivity index (χ2n) is 5.15. The lowest BCUT2D eigenvalue weighted by Gasteiger charge is -2.08. The summed E-state index contributed by atoms with van der Waals surface area (Å²) in [5, 5.41) is 20.4. The fourth-order valence-corrected chi connectivity index (χ4v) is 3.34. The van der Waals surface area contributed by atoms with Crippen LogP contribution >= 0.6 is 35.0 Å². The van der Waals surface area contributed by atoms with Gasteiger partial charge in [0.1, 0.15) is 12.4 Å². The number of rotatable bonds is 6. The van der Waals surface area contributed by atoms with Crippen molar-refractivity contribution in [2.45, 2.75) is 16.7 Å². The van der Waals surface area contributed by atoms with Crippen LogP contribution in [0.25, 0.3) is 0 Å². The molecule has 0 N–H and O–H groups in total. The molecule has 1 aromatic heterocycles. The summed E-state index contributed by atoms with van der Waals surface area (Å²) in [4.78, 5) is 10.9. The molecule has 134 valence electrons. The van der Waals surface area contributed by atoms with Gasteiger partial charge in [-0.3, -0.25) is 10.1 Å². The predicted octanol–water partition coefficient (Wildman–Crippen LogP) is 4.76. The Bertz CT molecular complexity index is 964.